The average molecular weight is 404 g/mol. The van der Waals surface area contributed by atoms with E-state index in [9.17, 15) is 19.5 Å². The van der Waals surface area contributed by atoms with Crippen molar-refractivity contribution in [3.63, 3.8) is 0 Å². The lowest BCUT2D eigenvalue weighted by molar-refractivity contribution is 0.0697. The van der Waals surface area contributed by atoms with Crippen molar-refractivity contribution in [3.8, 4) is 11.1 Å². The molecule has 0 aliphatic heterocycles. The van der Waals surface area contributed by atoms with E-state index >= 15 is 0 Å². The minimum Gasteiger partial charge on any atom is -0.478 e. The molecule has 6 heteroatoms. The predicted molar refractivity (Wildman–Crippen MR) is 116 cm³/mol. The Hall–Kier alpha value is -3.67. The van der Waals surface area contributed by atoms with Gasteiger partial charge in [-0.05, 0) is 29.7 Å². The van der Waals surface area contributed by atoms with Gasteiger partial charge in [-0.25, -0.2) is 14.2 Å². The monoisotopic (exact) mass is 404 g/mol. The molecule has 3 aromatic rings. The van der Waals surface area contributed by atoms with Crippen molar-refractivity contribution in [1.29, 1.82) is 0 Å². The van der Waals surface area contributed by atoms with Crippen molar-refractivity contribution in [2.24, 2.45) is 0 Å². The number of hydrogen-bond donors (Lipinski definition) is 1. The Morgan fingerprint density at radius 2 is 1.77 bits per heavy atom. The molecule has 0 bridgehead atoms. The Morgan fingerprint density at radius 1 is 1.07 bits per heavy atom. The summed E-state index contributed by atoms with van der Waals surface area (Å²) in [6.07, 6.45) is 6.27. The number of carboxylic acid groups (broad SMARTS) is 1. The van der Waals surface area contributed by atoms with Crippen LogP contribution in [0.2, 0.25) is 0 Å². The number of hydrogen-bond acceptors (Lipinski definition) is 3. The fourth-order valence-electron chi connectivity index (χ4n) is 3.34. The molecule has 154 valence electrons. The van der Waals surface area contributed by atoms with Crippen LogP contribution < -0.4 is 5.69 Å². The summed E-state index contributed by atoms with van der Waals surface area (Å²) < 4.78 is 2.78. The molecule has 0 atom stereocenters. The summed E-state index contributed by atoms with van der Waals surface area (Å²) in [5.41, 5.74) is 2.98. The van der Waals surface area contributed by atoms with Gasteiger partial charge in [0, 0.05) is 24.7 Å². The van der Waals surface area contributed by atoms with E-state index in [1.54, 1.807) is 42.0 Å². The van der Waals surface area contributed by atoms with Gasteiger partial charge in [0.2, 0.25) is 5.91 Å². The molecule has 30 heavy (non-hydrogen) atoms. The van der Waals surface area contributed by atoms with Crippen molar-refractivity contribution >= 4 is 11.9 Å². The lowest BCUT2D eigenvalue weighted by Crippen LogP contribution is -2.29. The second kappa shape index (κ2) is 9.22. The van der Waals surface area contributed by atoms with Gasteiger partial charge >= 0.3 is 11.7 Å². The molecule has 6 nitrogen and oxygen atoms in total. The normalized spacial score (nSPS) is 11.1. The summed E-state index contributed by atoms with van der Waals surface area (Å²) in [6, 6.07) is 14.3. The standard InChI is InChI=1S/C24H24N2O4/c1-3-5-8-19-16-26(22(27)4-2)24(30)25(19)15-17-11-13-18(14-12-17)20-9-6-7-10-21(20)23(28)29/h3,5-7,9-14,16H,4,8,15H2,1-2H3,(H,28,29). The van der Waals surface area contributed by atoms with Crippen molar-refractivity contribution < 1.29 is 14.7 Å². The third-order valence-corrected chi connectivity index (χ3v) is 4.96. The van der Waals surface area contributed by atoms with Gasteiger partial charge in [0.05, 0.1) is 12.1 Å². The van der Waals surface area contributed by atoms with Crippen molar-refractivity contribution in [3.05, 3.63) is 94.2 Å². The van der Waals surface area contributed by atoms with E-state index in [0.717, 1.165) is 16.8 Å². The number of carbonyl (C=O) groups is 2. The van der Waals surface area contributed by atoms with E-state index in [1.807, 2.05) is 43.3 Å². The van der Waals surface area contributed by atoms with E-state index in [0.29, 0.717) is 18.5 Å². The summed E-state index contributed by atoms with van der Waals surface area (Å²) in [6.45, 7) is 3.96. The number of allylic oxidation sites excluding steroid dienone is 2. The Bertz CT molecular complexity index is 1150. The predicted octanol–water partition coefficient (Wildman–Crippen LogP) is 4.23. The molecule has 0 aliphatic rings. The fraction of sp³-hybridized carbons (Fsp3) is 0.208. The van der Waals surface area contributed by atoms with E-state index in [2.05, 4.69) is 0 Å². The van der Waals surface area contributed by atoms with Crippen LogP contribution in [0, 0.1) is 0 Å². The van der Waals surface area contributed by atoms with Crippen molar-refractivity contribution in [2.45, 2.75) is 33.2 Å². The summed E-state index contributed by atoms with van der Waals surface area (Å²) in [4.78, 5) is 36.4. The maximum atomic E-state index is 12.8. The second-order valence-electron chi connectivity index (χ2n) is 6.93. The maximum Gasteiger partial charge on any atom is 0.336 e. The van der Waals surface area contributed by atoms with Gasteiger partial charge in [-0.2, -0.15) is 0 Å². The van der Waals surface area contributed by atoms with E-state index in [-0.39, 0.29) is 23.6 Å². The van der Waals surface area contributed by atoms with Crippen LogP contribution in [0.3, 0.4) is 0 Å². The first kappa shape index (κ1) is 21.0. The molecule has 0 saturated heterocycles. The van der Waals surface area contributed by atoms with Gasteiger partial charge < -0.3 is 5.11 Å². The Balaban J connectivity index is 1.94. The number of aromatic carboxylic acids is 1. The van der Waals surface area contributed by atoms with Gasteiger partial charge in [0.1, 0.15) is 0 Å². The average Bonchev–Trinajstić information content (AvgIpc) is 3.07. The molecule has 0 fully saturated rings. The van der Waals surface area contributed by atoms with Crippen LogP contribution in [-0.2, 0) is 13.0 Å². The number of benzene rings is 2. The minimum absolute atomic E-state index is 0.235. The number of nitrogens with zero attached hydrogens (tertiary/aromatic N) is 2. The van der Waals surface area contributed by atoms with Crippen LogP contribution in [-0.4, -0.2) is 26.1 Å². The zero-order valence-corrected chi connectivity index (χ0v) is 17.0. The van der Waals surface area contributed by atoms with Gasteiger partial charge in [0.25, 0.3) is 0 Å². The highest BCUT2D eigenvalue weighted by Crippen LogP contribution is 2.24. The molecule has 1 aromatic heterocycles. The van der Waals surface area contributed by atoms with Crippen molar-refractivity contribution in [2.75, 3.05) is 0 Å². The number of rotatable bonds is 7. The first-order chi connectivity index (χ1) is 14.5. The third kappa shape index (κ3) is 4.33. The number of imidazole rings is 1. The lowest BCUT2D eigenvalue weighted by atomic mass is 9.99. The maximum absolute atomic E-state index is 12.8. The third-order valence-electron chi connectivity index (χ3n) is 4.96. The summed E-state index contributed by atoms with van der Waals surface area (Å²) >= 11 is 0. The van der Waals surface area contributed by atoms with Crippen LogP contribution in [0.25, 0.3) is 11.1 Å². The van der Waals surface area contributed by atoms with Crippen LogP contribution in [0.4, 0.5) is 0 Å². The van der Waals surface area contributed by atoms with Gasteiger partial charge in [0.15, 0.2) is 0 Å². The van der Waals surface area contributed by atoms with Gasteiger partial charge in [-0.3, -0.25) is 9.36 Å². The molecule has 0 unspecified atom stereocenters. The molecular formula is C24H24N2O4. The highest BCUT2D eigenvalue weighted by atomic mass is 16.4. The largest absolute Gasteiger partial charge is 0.478 e. The topological polar surface area (TPSA) is 81.3 Å². The molecule has 0 saturated carbocycles. The van der Waals surface area contributed by atoms with Gasteiger partial charge in [-0.15, -0.1) is 0 Å². The van der Waals surface area contributed by atoms with Crippen LogP contribution in [0.5, 0.6) is 0 Å². The molecular weight excluding hydrogens is 380 g/mol. The fourth-order valence-corrected chi connectivity index (χ4v) is 3.34. The summed E-state index contributed by atoms with van der Waals surface area (Å²) in [7, 11) is 0. The highest BCUT2D eigenvalue weighted by Gasteiger charge is 2.15. The Kier molecular flexibility index (Phi) is 6.47. The Morgan fingerprint density at radius 3 is 2.40 bits per heavy atom. The molecule has 0 aliphatic carbocycles. The Labute approximate surface area is 174 Å². The van der Waals surface area contributed by atoms with Gasteiger partial charge in [-0.1, -0.05) is 61.5 Å². The van der Waals surface area contributed by atoms with Crippen molar-refractivity contribution in [1.82, 2.24) is 9.13 Å². The quantitative estimate of drug-likeness (QED) is 0.598. The molecule has 1 heterocycles. The molecule has 0 amide bonds. The van der Waals surface area contributed by atoms with Crippen LogP contribution >= 0.6 is 0 Å². The summed E-state index contributed by atoms with van der Waals surface area (Å²) in [5.74, 6) is -1.21. The minimum atomic E-state index is -0.975. The smallest absolute Gasteiger partial charge is 0.336 e. The second-order valence-corrected chi connectivity index (χ2v) is 6.93. The lowest BCUT2D eigenvalue weighted by Gasteiger charge is -2.09. The molecule has 0 radical (unpaired) electrons. The van der Waals surface area contributed by atoms with Crippen LogP contribution in [0.15, 0.2) is 71.7 Å². The molecule has 0 spiro atoms. The number of aromatic nitrogens is 2. The molecule has 1 N–H and O–H groups in total. The summed E-state index contributed by atoms with van der Waals surface area (Å²) in [5, 5.41) is 9.40. The van der Waals surface area contributed by atoms with E-state index in [4.69, 9.17) is 0 Å². The SMILES string of the molecule is CC=CCc1cn(C(=O)CC)c(=O)n1Cc1ccc(-c2ccccc2C(=O)O)cc1. The van der Waals surface area contributed by atoms with Crippen LogP contribution in [0.1, 0.15) is 46.7 Å². The molecule has 3 rings (SSSR count). The van der Waals surface area contributed by atoms with E-state index < -0.39 is 5.97 Å². The number of carboxylic acids is 1. The highest BCUT2D eigenvalue weighted by molar-refractivity contribution is 5.96. The number of carbonyl (C=O) groups excluding carboxylic acids is 1. The first-order valence-corrected chi connectivity index (χ1v) is 9.83. The zero-order valence-electron chi connectivity index (χ0n) is 17.0. The first-order valence-electron chi connectivity index (χ1n) is 9.83. The molecule has 2 aromatic carbocycles. The zero-order chi connectivity index (χ0) is 21.7. The van der Waals surface area contributed by atoms with E-state index in [1.165, 1.54) is 4.57 Å².